The average molecular weight is 636 g/mol. The van der Waals surface area contributed by atoms with Crippen molar-refractivity contribution in [3.8, 4) is 6.07 Å². The Morgan fingerprint density at radius 2 is 2.11 bits per heavy atom. The van der Waals surface area contributed by atoms with Gasteiger partial charge in [0, 0.05) is 59.4 Å². The molecule has 45 heavy (non-hydrogen) atoms. The molecule has 236 valence electrons. The van der Waals surface area contributed by atoms with Crippen molar-refractivity contribution >= 4 is 35.0 Å². The number of halogens is 2. The minimum atomic E-state index is -0.939. The summed E-state index contributed by atoms with van der Waals surface area (Å²) in [5.74, 6) is 0.167. The van der Waals surface area contributed by atoms with Crippen molar-refractivity contribution in [2.45, 2.75) is 43.7 Å². The van der Waals surface area contributed by atoms with Gasteiger partial charge in [-0.05, 0) is 58.4 Å². The molecule has 0 aromatic carbocycles. The van der Waals surface area contributed by atoms with Gasteiger partial charge in [-0.15, -0.1) is 11.8 Å². The van der Waals surface area contributed by atoms with Gasteiger partial charge in [-0.1, -0.05) is 0 Å². The second kappa shape index (κ2) is 10.7. The SMILES string of the molecule is CN(C)CC12CC1CN(C1=NC3C(=CN1)C1=C(COC1)C(c1ncc(F)c4c1C(C#N)=C(NC(=O)OC(C)(C)C)CS4)=C3F)C2. The normalized spacial score (nSPS) is 26.9. The number of likely N-dealkylation sites (tertiary alicyclic amines) is 1. The lowest BCUT2D eigenvalue weighted by Gasteiger charge is -2.33. The number of hydrogen-bond donors (Lipinski definition) is 2. The number of aromatic nitrogens is 1. The van der Waals surface area contributed by atoms with Gasteiger partial charge in [0.25, 0.3) is 0 Å². The van der Waals surface area contributed by atoms with E-state index < -0.39 is 29.4 Å². The van der Waals surface area contributed by atoms with Crippen LogP contribution in [0.15, 0.2) is 50.5 Å². The number of nitrogens with zero attached hydrogens (tertiary/aromatic N) is 5. The van der Waals surface area contributed by atoms with E-state index in [1.807, 2.05) is 6.20 Å². The fourth-order valence-corrected chi connectivity index (χ4v) is 8.23. The van der Waals surface area contributed by atoms with Crippen molar-refractivity contribution in [1.29, 1.82) is 5.26 Å². The first-order chi connectivity index (χ1) is 21.4. The molecule has 1 aromatic rings. The molecule has 7 rings (SSSR count). The predicted octanol–water partition coefficient (Wildman–Crippen LogP) is 4.20. The number of guanidine groups is 1. The fourth-order valence-electron chi connectivity index (χ4n) is 7.19. The molecule has 13 heteroatoms. The standard InChI is InChI=1S/C32H35F2N7O3S/c1-31(2,3)44-30(42)38-22-13-45-28-21(33)9-36-27(24(28)17(22)7-35)23-20-12-43-11-19(20)18-8-37-29(39-26(18)25(23)34)41-10-16-6-32(16,15-41)14-40(4)5/h8-9,16,26H,6,10-15H2,1-5H3,(H,37,39)(H,38,42). The number of rotatable bonds is 4. The molecule has 10 nitrogen and oxygen atoms in total. The molecule has 1 amide bonds. The molecular formula is C32H35F2N7O3S. The van der Waals surface area contributed by atoms with Crippen LogP contribution in [0.4, 0.5) is 13.6 Å². The third-order valence-electron chi connectivity index (χ3n) is 9.03. The Labute approximate surface area is 264 Å². The van der Waals surface area contributed by atoms with Gasteiger partial charge < -0.3 is 24.6 Å². The number of thioether (sulfide) groups is 1. The number of allylic oxidation sites excluding steroid dienone is 1. The quantitative estimate of drug-likeness (QED) is 0.503. The van der Waals surface area contributed by atoms with Crippen molar-refractivity contribution < 1.29 is 23.0 Å². The number of carbonyl (C=O) groups excluding carboxylic acids is 1. The van der Waals surface area contributed by atoms with Crippen LogP contribution in [0.3, 0.4) is 0 Å². The van der Waals surface area contributed by atoms with E-state index in [2.05, 4.69) is 45.6 Å². The number of hydrogen-bond acceptors (Lipinski definition) is 10. The molecule has 1 saturated heterocycles. The molecule has 0 bridgehead atoms. The van der Waals surface area contributed by atoms with Gasteiger partial charge in [0.15, 0.2) is 11.8 Å². The first-order valence-electron chi connectivity index (χ1n) is 15.0. The number of fused-ring (bicyclic) bond motifs is 4. The summed E-state index contributed by atoms with van der Waals surface area (Å²) in [5, 5.41) is 16.3. The number of ether oxygens (including phenoxy) is 2. The second-order valence-corrected chi connectivity index (χ2v) is 14.7. The first-order valence-corrected chi connectivity index (χ1v) is 16.0. The van der Waals surface area contributed by atoms with Crippen molar-refractivity contribution in [2.24, 2.45) is 16.3 Å². The summed E-state index contributed by atoms with van der Waals surface area (Å²) in [7, 11) is 4.17. The highest BCUT2D eigenvalue weighted by Gasteiger charge is 2.60. The van der Waals surface area contributed by atoms with E-state index in [4.69, 9.17) is 14.5 Å². The number of pyridine rings is 1. The van der Waals surface area contributed by atoms with E-state index in [-0.39, 0.29) is 57.4 Å². The Kier molecular flexibility index (Phi) is 7.11. The summed E-state index contributed by atoms with van der Waals surface area (Å²) >= 11 is 1.11. The van der Waals surface area contributed by atoms with Gasteiger partial charge >= 0.3 is 6.09 Å². The highest BCUT2D eigenvalue weighted by Crippen LogP contribution is 2.58. The maximum Gasteiger partial charge on any atom is 0.411 e. The van der Waals surface area contributed by atoms with Gasteiger partial charge in [-0.2, -0.15) is 5.26 Å². The zero-order valence-electron chi connectivity index (χ0n) is 25.9. The summed E-state index contributed by atoms with van der Waals surface area (Å²) in [5.41, 5.74) is 2.23. The van der Waals surface area contributed by atoms with E-state index >= 15 is 8.78 Å². The number of alkyl carbamates (subject to hydrolysis) is 1. The van der Waals surface area contributed by atoms with E-state index in [1.165, 1.54) is 6.42 Å². The Morgan fingerprint density at radius 3 is 2.84 bits per heavy atom. The number of piperidine rings is 1. The van der Waals surface area contributed by atoms with Crippen LogP contribution < -0.4 is 10.6 Å². The van der Waals surface area contributed by atoms with Crippen molar-refractivity contribution in [2.75, 3.05) is 52.7 Å². The predicted molar refractivity (Wildman–Crippen MR) is 166 cm³/mol. The van der Waals surface area contributed by atoms with Crippen LogP contribution in [-0.4, -0.2) is 91.2 Å². The lowest BCUT2D eigenvalue weighted by Crippen LogP contribution is -2.44. The van der Waals surface area contributed by atoms with Crippen LogP contribution in [0.5, 0.6) is 0 Å². The number of aliphatic imine (C=N–C) groups is 1. The smallest absolute Gasteiger partial charge is 0.411 e. The Hall–Kier alpha value is -3.73. The van der Waals surface area contributed by atoms with Crippen LogP contribution >= 0.6 is 11.8 Å². The molecule has 2 aliphatic carbocycles. The number of nitrogens with one attached hydrogen (secondary N) is 2. The molecule has 1 aromatic heterocycles. The lowest BCUT2D eigenvalue weighted by molar-refractivity contribution is 0.0546. The summed E-state index contributed by atoms with van der Waals surface area (Å²) in [4.78, 5) is 26.5. The zero-order chi connectivity index (χ0) is 31.8. The molecule has 0 radical (unpaired) electrons. The maximum absolute atomic E-state index is 17.0. The zero-order valence-corrected chi connectivity index (χ0v) is 26.7. The summed E-state index contributed by atoms with van der Waals surface area (Å²) in [6.45, 7) is 8.29. The summed E-state index contributed by atoms with van der Waals surface area (Å²) < 4.78 is 43.4. The van der Waals surface area contributed by atoms with E-state index in [1.54, 1.807) is 20.8 Å². The highest BCUT2D eigenvalue weighted by molar-refractivity contribution is 7.99. The van der Waals surface area contributed by atoms with E-state index in [0.29, 0.717) is 23.0 Å². The minimum absolute atomic E-state index is 0.0105. The van der Waals surface area contributed by atoms with Crippen LogP contribution in [0.1, 0.15) is 38.4 Å². The van der Waals surface area contributed by atoms with E-state index in [9.17, 15) is 10.1 Å². The molecule has 6 aliphatic rings. The largest absolute Gasteiger partial charge is 0.444 e. The van der Waals surface area contributed by atoms with Gasteiger partial charge in [0.1, 0.15) is 23.5 Å². The van der Waals surface area contributed by atoms with E-state index in [0.717, 1.165) is 43.2 Å². The number of nitriles is 1. The van der Waals surface area contributed by atoms with Crippen LogP contribution in [0, 0.1) is 28.5 Å². The van der Waals surface area contributed by atoms with Crippen molar-refractivity contribution in [3.05, 3.63) is 57.7 Å². The highest BCUT2D eigenvalue weighted by atomic mass is 32.2. The lowest BCUT2D eigenvalue weighted by atomic mass is 9.81. The van der Waals surface area contributed by atoms with Crippen LogP contribution in [0.2, 0.25) is 0 Å². The van der Waals surface area contributed by atoms with Gasteiger partial charge in [-0.25, -0.2) is 18.6 Å². The molecular weight excluding hydrogens is 600 g/mol. The topological polar surface area (TPSA) is 115 Å². The third-order valence-corrected chi connectivity index (χ3v) is 10.1. The van der Waals surface area contributed by atoms with Gasteiger partial charge in [0.05, 0.1) is 35.6 Å². The average Bonchev–Trinajstić information content (AvgIpc) is 3.27. The minimum Gasteiger partial charge on any atom is -0.444 e. The Bertz CT molecular complexity index is 1720. The van der Waals surface area contributed by atoms with Gasteiger partial charge in [0.2, 0.25) is 0 Å². The monoisotopic (exact) mass is 635 g/mol. The summed E-state index contributed by atoms with van der Waals surface area (Å²) in [6.07, 6.45) is 3.32. The molecule has 5 heterocycles. The molecule has 2 fully saturated rings. The molecule has 3 unspecified atom stereocenters. The number of amides is 1. The van der Waals surface area contributed by atoms with Crippen molar-refractivity contribution in [3.63, 3.8) is 0 Å². The molecule has 2 N–H and O–H groups in total. The first kappa shape index (κ1) is 30.0. The maximum atomic E-state index is 17.0. The Balaban J connectivity index is 1.29. The molecule has 4 aliphatic heterocycles. The third kappa shape index (κ3) is 5.13. The second-order valence-electron chi connectivity index (χ2n) is 13.7. The Morgan fingerprint density at radius 1 is 1.33 bits per heavy atom. The van der Waals surface area contributed by atoms with Crippen LogP contribution in [0.25, 0.3) is 11.1 Å². The molecule has 3 atom stereocenters. The molecule has 0 spiro atoms. The number of carbonyl (C=O) groups is 1. The molecule has 1 saturated carbocycles. The van der Waals surface area contributed by atoms with Crippen LogP contribution in [-0.2, 0) is 9.47 Å². The van der Waals surface area contributed by atoms with Gasteiger partial charge in [-0.3, -0.25) is 10.3 Å². The fraction of sp³-hybridized carbons (Fsp3) is 0.500. The van der Waals surface area contributed by atoms with Crippen molar-refractivity contribution in [1.82, 2.24) is 25.4 Å². The summed E-state index contributed by atoms with van der Waals surface area (Å²) in [6, 6.07) is 1.18.